The van der Waals surface area contributed by atoms with Crippen molar-refractivity contribution in [3.8, 4) is 5.75 Å². The van der Waals surface area contributed by atoms with Gasteiger partial charge in [-0.2, -0.15) is 0 Å². The van der Waals surface area contributed by atoms with Crippen LogP contribution in [0.15, 0.2) is 10.5 Å². The van der Waals surface area contributed by atoms with Gasteiger partial charge in [-0.25, -0.2) is 0 Å². The van der Waals surface area contributed by atoms with Gasteiger partial charge < -0.3 is 4.43 Å². The fourth-order valence-corrected chi connectivity index (χ4v) is 4.35. The highest BCUT2D eigenvalue weighted by atomic mass is 79.9. The normalized spacial score (nSPS) is 12.9. The largest absolute Gasteiger partial charge is 0.542 e. The van der Waals surface area contributed by atoms with Gasteiger partial charge in [0.15, 0.2) is 0 Å². The zero-order chi connectivity index (χ0) is 15.9. The summed E-state index contributed by atoms with van der Waals surface area (Å²) in [6, 6.07) is 2.20. The highest BCUT2D eigenvalue weighted by Gasteiger charge is 2.32. The Bertz CT molecular complexity index is 493. The minimum atomic E-state index is -0.780. The molecule has 1 nitrogen and oxygen atoms in total. The van der Waals surface area contributed by atoms with Gasteiger partial charge in [-0.05, 0) is 48.0 Å². The topological polar surface area (TPSA) is 9.23 Å². The first kappa shape index (κ1) is 17.8. The van der Waals surface area contributed by atoms with Crippen molar-refractivity contribution >= 4 is 25.0 Å². The molecule has 0 N–H and O–H groups in total. The van der Waals surface area contributed by atoms with E-state index in [1.165, 1.54) is 21.2 Å². The highest BCUT2D eigenvalue weighted by molar-refractivity contribution is 9.10. The molecule has 1 rings (SSSR count). The van der Waals surface area contributed by atoms with Gasteiger partial charge in [-0.1, -0.05) is 57.5 Å². The Morgan fingerprint density at radius 3 is 1.75 bits per heavy atom. The van der Waals surface area contributed by atoms with Gasteiger partial charge in [-0.15, -0.1) is 0 Å². The maximum atomic E-state index is 6.27. The summed E-state index contributed by atoms with van der Waals surface area (Å²) >= 11 is 3.78. The van der Waals surface area contributed by atoms with E-state index in [0.29, 0.717) is 0 Å². The van der Waals surface area contributed by atoms with Crippen LogP contribution in [0, 0.1) is 6.92 Å². The molecule has 0 saturated carbocycles. The molecule has 0 spiro atoms. The van der Waals surface area contributed by atoms with Crippen LogP contribution in [0.25, 0.3) is 0 Å². The lowest BCUT2D eigenvalue weighted by molar-refractivity contribution is 0.486. The van der Waals surface area contributed by atoms with Crippen LogP contribution in [0.4, 0.5) is 0 Å². The molecule has 113 valence electrons. The quantitative estimate of drug-likeness (QED) is 0.592. The average Bonchev–Trinajstić information content (AvgIpc) is 2.17. The van der Waals surface area contributed by atoms with Gasteiger partial charge >= 0.3 is 0 Å². The molecule has 0 aromatic heterocycles. The molecular formula is C17H28BrOSi. The maximum Gasteiger partial charge on any atom is 0.274 e. The zero-order valence-corrected chi connectivity index (χ0v) is 16.9. The molecule has 0 unspecified atom stereocenters. The number of hydrogen-bond donors (Lipinski definition) is 0. The average molecular weight is 356 g/mol. The van der Waals surface area contributed by atoms with Crippen molar-refractivity contribution in [2.24, 2.45) is 0 Å². The van der Waals surface area contributed by atoms with Crippen LogP contribution >= 0.6 is 15.9 Å². The third-order valence-electron chi connectivity index (χ3n) is 3.22. The molecule has 0 amide bonds. The van der Waals surface area contributed by atoms with E-state index in [1.807, 2.05) is 0 Å². The van der Waals surface area contributed by atoms with E-state index in [2.05, 4.69) is 83.6 Å². The second-order valence-corrected chi connectivity index (χ2v) is 10.6. The minimum Gasteiger partial charge on any atom is -0.542 e. The third kappa shape index (κ3) is 3.88. The Morgan fingerprint density at radius 1 is 0.950 bits per heavy atom. The van der Waals surface area contributed by atoms with E-state index in [-0.39, 0.29) is 10.8 Å². The van der Waals surface area contributed by atoms with E-state index in [4.69, 9.17) is 4.43 Å². The lowest BCUT2D eigenvalue weighted by Gasteiger charge is -2.34. The van der Waals surface area contributed by atoms with Crippen LogP contribution in [0.5, 0.6) is 5.75 Å². The number of benzene rings is 1. The number of rotatable bonds is 2. The predicted molar refractivity (Wildman–Crippen MR) is 94.4 cm³/mol. The fraction of sp³-hybridized carbons (Fsp3) is 0.647. The summed E-state index contributed by atoms with van der Waals surface area (Å²) in [5.74, 6) is 1.10. The lowest BCUT2D eigenvalue weighted by atomic mass is 9.74. The van der Waals surface area contributed by atoms with E-state index < -0.39 is 9.04 Å². The summed E-state index contributed by atoms with van der Waals surface area (Å²) in [4.78, 5) is 0. The van der Waals surface area contributed by atoms with Crippen LogP contribution < -0.4 is 4.43 Å². The monoisotopic (exact) mass is 355 g/mol. The Morgan fingerprint density at radius 2 is 1.40 bits per heavy atom. The predicted octanol–water partition coefficient (Wildman–Crippen LogP) is 5.98. The lowest BCUT2D eigenvalue weighted by Crippen LogP contribution is -2.26. The summed E-state index contributed by atoms with van der Waals surface area (Å²) in [5, 5.41) is 0. The second-order valence-electron chi connectivity index (χ2n) is 7.76. The number of hydrogen-bond acceptors (Lipinski definition) is 1. The molecule has 0 aliphatic heterocycles. The molecule has 20 heavy (non-hydrogen) atoms. The highest BCUT2D eigenvalue weighted by Crippen LogP contribution is 2.45. The molecule has 0 aliphatic carbocycles. The minimum absolute atomic E-state index is 0.0593. The Kier molecular flexibility index (Phi) is 5.19. The standard InChI is InChI=1S/C17H28BrOSi/c1-11-10-12(18)13(16(2,3)4)14(17(5,6)7)15(11)19-20(8)9/h10H,1-9H3. The summed E-state index contributed by atoms with van der Waals surface area (Å²) in [6.45, 7) is 20.1. The SMILES string of the molecule is Cc1cc(Br)c(C(C)(C)C)c(C(C)(C)C)c1O[Si](C)C. The van der Waals surface area contributed by atoms with Crippen LogP contribution in [0.2, 0.25) is 13.1 Å². The molecule has 0 fully saturated rings. The van der Waals surface area contributed by atoms with Crippen molar-refractivity contribution in [2.45, 2.75) is 72.4 Å². The first-order valence-electron chi connectivity index (χ1n) is 7.17. The van der Waals surface area contributed by atoms with Gasteiger partial charge in [-0.3, -0.25) is 0 Å². The van der Waals surface area contributed by atoms with Gasteiger partial charge in [0.05, 0.1) is 0 Å². The van der Waals surface area contributed by atoms with E-state index >= 15 is 0 Å². The van der Waals surface area contributed by atoms with Gasteiger partial charge in [0, 0.05) is 10.0 Å². The second kappa shape index (κ2) is 5.84. The van der Waals surface area contributed by atoms with Crippen LogP contribution in [0.3, 0.4) is 0 Å². The molecule has 0 aliphatic rings. The zero-order valence-electron chi connectivity index (χ0n) is 14.4. The first-order valence-corrected chi connectivity index (χ1v) is 10.4. The Hall–Kier alpha value is -0.283. The smallest absolute Gasteiger partial charge is 0.274 e. The summed E-state index contributed by atoms with van der Waals surface area (Å²) < 4.78 is 7.47. The Balaban J connectivity index is 3.76. The van der Waals surface area contributed by atoms with E-state index in [1.54, 1.807) is 0 Å². The molecule has 0 heterocycles. The fourth-order valence-electron chi connectivity index (χ4n) is 2.54. The molecule has 3 heteroatoms. The molecule has 0 bridgehead atoms. The summed E-state index contributed by atoms with van der Waals surface area (Å²) in [6.07, 6.45) is 0. The summed E-state index contributed by atoms with van der Waals surface area (Å²) in [7, 11) is -0.780. The van der Waals surface area contributed by atoms with Crippen molar-refractivity contribution in [1.29, 1.82) is 0 Å². The molecule has 1 aromatic rings. The third-order valence-corrected chi connectivity index (χ3v) is 4.46. The summed E-state index contributed by atoms with van der Waals surface area (Å²) in [5.41, 5.74) is 4.09. The van der Waals surface area contributed by atoms with Crippen LogP contribution in [0.1, 0.15) is 58.2 Å². The van der Waals surface area contributed by atoms with Crippen molar-refractivity contribution in [3.63, 3.8) is 0 Å². The van der Waals surface area contributed by atoms with Crippen molar-refractivity contribution in [3.05, 3.63) is 27.2 Å². The van der Waals surface area contributed by atoms with Gasteiger partial charge in [0.1, 0.15) is 5.75 Å². The van der Waals surface area contributed by atoms with Gasteiger partial charge in [0.2, 0.25) is 0 Å². The number of aryl methyl sites for hydroxylation is 1. The van der Waals surface area contributed by atoms with E-state index in [9.17, 15) is 0 Å². The number of halogens is 1. The first-order chi connectivity index (χ1) is 8.85. The molecular weight excluding hydrogens is 328 g/mol. The van der Waals surface area contributed by atoms with Gasteiger partial charge in [0.25, 0.3) is 9.04 Å². The molecule has 0 saturated heterocycles. The van der Waals surface area contributed by atoms with Crippen LogP contribution in [-0.4, -0.2) is 9.04 Å². The molecule has 1 aromatic carbocycles. The molecule has 0 atom stereocenters. The maximum absolute atomic E-state index is 6.27. The van der Waals surface area contributed by atoms with Crippen molar-refractivity contribution < 1.29 is 4.43 Å². The molecule has 1 radical (unpaired) electrons. The van der Waals surface area contributed by atoms with E-state index in [0.717, 1.165) is 5.75 Å². The van der Waals surface area contributed by atoms with Crippen molar-refractivity contribution in [2.75, 3.05) is 0 Å². The Labute approximate surface area is 135 Å². The van der Waals surface area contributed by atoms with Crippen molar-refractivity contribution in [1.82, 2.24) is 0 Å². The van der Waals surface area contributed by atoms with Crippen LogP contribution in [-0.2, 0) is 10.8 Å².